The highest BCUT2D eigenvalue weighted by Gasteiger charge is 2.27. The van der Waals surface area contributed by atoms with Crippen molar-refractivity contribution in [3.63, 3.8) is 0 Å². The van der Waals surface area contributed by atoms with E-state index in [1.54, 1.807) is 4.31 Å². The minimum absolute atomic E-state index is 0.285. The Kier molecular flexibility index (Phi) is 6.83. The van der Waals surface area contributed by atoms with Gasteiger partial charge in [0.1, 0.15) is 0 Å². The summed E-state index contributed by atoms with van der Waals surface area (Å²) in [6.45, 7) is 4.48. The van der Waals surface area contributed by atoms with Gasteiger partial charge in [0.15, 0.2) is 5.96 Å². The number of nitrogens with zero attached hydrogens (tertiary/aromatic N) is 2. The molecule has 0 amide bonds. The van der Waals surface area contributed by atoms with E-state index >= 15 is 0 Å². The highest BCUT2D eigenvalue weighted by Crippen LogP contribution is 2.28. The Labute approximate surface area is 138 Å². The van der Waals surface area contributed by atoms with Gasteiger partial charge >= 0.3 is 0 Å². The molecule has 6 nitrogen and oxygen atoms in total. The summed E-state index contributed by atoms with van der Waals surface area (Å²) in [5, 5.41) is 7.48. The number of sulfonamides is 1. The average Bonchev–Trinajstić information content (AvgIpc) is 3.06. The lowest BCUT2D eigenvalue weighted by Gasteiger charge is -2.18. The summed E-state index contributed by atoms with van der Waals surface area (Å²) in [6, 6.07) is 0.478. The van der Waals surface area contributed by atoms with E-state index in [0.717, 1.165) is 24.2 Å². The molecule has 2 aliphatic rings. The lowest BCUT2D eigenvalue weighted by molar-refractivity contribution is 0.451. The molecule has 1 saturated heterocycles. The van der Waals surface area contributed by atoms with Gasteiger partial charge in [-0.25, -0.2) is 12.7 Å². The first kappa shape index (κ1) is 17.9. The molecule has 0 spiro atoms. The number of thioether (sulfide) groups is 1. The molecule has 2 fully saturated rings. The fraction of sp³-hybridized carbons (Fsp3) is 0.929. The van der Waals surface area contributed by atoms with E-state index in [-0.39, 0.29) is 5.75 Å². The second-order valence-corrected chi connectivity index (χ2v) is 9.07. The number of hydrogen-bond acceptors (Lipinski definition) is 4. The molecule has 1 saturated carbocycles. The van der Waals surface area contributed by atoms with Gasteiger partial charge in [0.2, 0.25) is 10.0 Å². The van der Waals surface area contributed by atoms with E-state index in [9.17, 15) is 8.42 Å². The molecular weight excluding hydrogens is 320 g/mol. The molecule has 1 aliphatic heterocycles. The van der Waals surface area contributed by atoms with Crippen LogP contribution in [0.4, 0.5) is 0 Å². The van der Waals surface area contributed by atoms with Crippen molar-refractivity contribution in [2.24, 2.45) is 4.99 Å². The summed E-state index contributed by atoms with van der Waals surface area (Å²) in [7, 11) is -3.01. The van der Waals surface area contributed by atoms with Gasteiger partial charge in [0.25, 0.3) is 0 Å². The Bertz CT molecular complexity index is 481. The first-order chi connectivity index (χ1) is 10.5. The Morgan fingerprint density at radius 3 is 2.82 bits per heavy atom. The molecule has 128 valence electrons. The van der Waals surface area contributed by atoms with Crippen LogP contribution in [0.3, 0.4) is 0 Å². The van der Waals surface area contributed by atoms with E-state index in [1.807, 2.05) is 18.7 Å². The smallest absolute Gasteiger partial charge is 0.214 e. The van der Waals surface area contributed by atoms with Gasteiger partial charge < -0.3 is 10.6 Å². The molecular formula is C14H28N4O2S2. The molecule has 0 aromatic carbocycles. The number of nitrogens with one attached hydrogen (secondary N) is 2. The lowest BCUT2D eigenvalue weighted by atomic mass is 10.2. The number of hydrogen-bond donors (Lipinski definition) is 2. The highest BCUT2D eigenvalue weighted by molar-refractivity contribution is 7.99. The third-order valence-corrected chi connectivity index (χ3v) is 7.28. The third-order valence-electron chi connectivity index (χ3n) is 4.23. The molecule has 0 radical (unpaired) electrons. The molecule has 2 rings (SSSR count). The molecule has 0 aromatic heterocycles. The maximum Gasteiger partial charge on any atom is 0.214 e. The van der Waals surface area contributed by atoms with Crippen LogP contribution in [0.25, 0.3) is 0 Å². The van der Waals surface area contributed by atoms with Gasteiger partial charge in [-0.05, 0) is 38.9 Å². The van der Waals surface area contributed by atoms with Crippen molar-refractivity contribution in [3.05, 3.63) is 0 Å². The number of rotatable bonds is 6. The van der Waals surface area contributed by atoms with Crippen molar-refractivity contribution in [1.82, 2.24) is 14.9 Å². The zero-order valence-electron chi connectivity index (χ0n) is 13.5. The minimum Gasteiger partial charge on any atom is -0.357 e. The molecule has 8 heteroatoms. The van der Waals surface area contributed by atoms with Crippen molar-refractivity contribution < 1.29 is 8.42 Å². The fourth-order valence-corrected chi connectivity index (χ4v) is 5.33. The van der Waals surface area contributed by atoms with Gasteiger partial charge in [-0.2, -0.15) is 11.8 Å². The summed E-state index contributed by atoms with van der Waals surface area (Å²) < 4.78 is 25.1. The van der Waals surface area contributed by atoms with Crippen molar-refractivity contribution in [1.29, 1.82) is 0 Å². The van der Waals surface area contributed by atoms with Crippen molar-refractivity contribution in [3.8, 4) is 0 Å². The Hall–Kier alpha value is -0.470. The van der Waals surface area contributed by atoms with Crippen LogP contribution in [0.5, 0.6) is 0 Å². The Morgan fingerprint density at radius 2 is 2.23 bits per heavy atom. The van der Waals surface area contributed by atoms with E-state index < -0.39 is 10.0 Å². The number of aliphatic imine (C=N–C) groups is 1. The summed E-state index contributed by atoms with van der Waals surface area (Å²) in [5.74, 6) is 1.10. The number of guanidine groups is 1. The second-order valence-electron chi connectivity index (χ2n) is 5.84. The fourth-order valence-electron chi connectivity index (χ4n) is 3.01. The second kappa shape index (κ2) is 8.40. The van der Waals surface area contributed by atoms with E-state index in [4.69, 9.17) is 0 Å². The van der Waals surface area contributed by atoms with Crippen molar-refractivity contribution in [2.75, 3.05) is 38.2 Å². The average molecular weight is 349 g/mol. The standard InChI is InChI=1S/C14H28N4O2S2/c1-3-15-14(17-12-5-6-13(11-12)21-2)16-7-9-18-8-4-10-22(18,19)20/h12-13H,3-11H2,1-2H3,(H2,15,16,17). The predicted molar refractivity (Wildman–Crippen MR) is 94.0 cm³/mol. The molecule has 0 aromatic rings. The highest BCUT2D eigenvalue weighted by atomic mass is 32.2. The van der Waals surface area contributed by atoms with Crippen LogP contribution in [0.15, 0.2) is 4.99 Å². The summed E-state index contributed by atoms with van der Waals surface area (Å²) >= 11 is 1.94. The maximum atomic E-state index is 11.8. The van der Waals surface area contributed by atoms with Crippen LogP contribution < -0.4 is 10.6 Å². The van der Waals surface area contributed by atoms with Crippen molar-refractivity contribution >= 4 is 27.7 Å². The van der Waals surface area contributed by atoms with Crippen LogP contribution in [-0.2, 0) is 10.0 Å². The van der Waals surface area contributed by atoms with Crippen LogP contribution in [0.2, 0.25) is 0 Å². The first-order valence-corrected chi connectivity index (χ1v) is 11.0. The molecule has 1 aliphatic carbocycles. The monoisotopic (exact) mass is 348 g/mol. The van der Waals surface area contributed by atoms with E-state index in [2.05, 4.69) is 21.9 Å². The summed E-state index contributed by atoms with van der Waals surface area (Å²) in [4.78, 5) is 4.54. The lowest BCUT2D eigenvalue weighted by Crippen LogP contribution is -2.43. The zero-order chi connectivity index (χ0) is 16.0. The van der Waals surface area contributed by atoms with Gasteiger partial charge in [0.05, 0.1) is 12.3 Å². The SMILES string of the molecule is CCNC(=NCCN1CCCS1(=O)=O)NC1CCC(SC)C1. The molecule has 2 atom stereocenters. The zero-order valence-corrected chi connectivity index (χ0v) is 15.2. The quantitative estimate of drug-likeness (QED) is 0.550. The van der Waals surface area contributed by atoms with Gasteiger partial charge in [0, 0.05) is 30.9 Å². The molecule has 2 unspecified atom stereocenters. The maximum absolute atomic E-state index is 11.8. The van der Waals surface area contributed by atoms with E-state index in [1.165, 1.54) is 19.3 Å². The largest absolute Gasteiger partial charge is 0.357 e. The van der Waals surface area contributed by atoms with Gasteiger partial charge in [-0.3, -0.25) is 4.99 Å². The molecule has 22 heavy (non-hydrogen) atoms. The van der Waals surface area contributed by atoms with Gasteiger partial charge in [-0.15, -0.1) is 0 Å². The van der Waals surface area contributed by atoms with Crippen LogP contribution in [0, 0.1) is 0 Å². The molecule has 2 N–H and O–H groups in total. The first-order valence-electron chi connectivity index (χ1n) is 8.10. The van der Waals surface area contributed by atoms with Crippen LogP contribution in [-0.4, -0.2) is 68.2 Å². The summed E-state index contributed by atoms with van der Waals surface area (Å²) in [6.07, 6.45) is 6.51. The normalized spacial score (nSPS) is 28.9. The van der Waals surface area contributed by atoms with Crippen molar-refractivity contribution in [2.45, 2.75) is 43.9 Å². The predicted octanol–water partition coefficient (Wildman–Crippen LogP) is 0.861. The minimum atomic E-state index is -3.01. The Balaban J connectivity index is 1.82. The summed E-state index contributed by atoms with van der Waals surface area (Å²) in [5.41, 5.74) is 0. The van der Waals surface area contributed by atoms with E-state index in [0.29, 0.717) is 25.7 Å². The van der Waals surface area contributed by atoms with Crippen LogP contribution >= 0.6 is 11.8 Å². The topological polar surface area (TPSA) is 73.8 Å². The molecule has 1 heterocycles. The Morgan fingerprint density at radius 1 is 1.41 bits per heavy atom. The molecule has 0 bridgehead atoms. The van der Waals surface area contributed by atoms with Gasteiger partial charge in [-0.1, -0.05) is 0 Å². The third kappa shape index (κ3) is 5.03. The van der Waals surface area contributed by atoms with Crippen LogP contribution in [0.1, 0.15) is 32.6 Å².